The first-order valence-electron chi connectivity index (χ1n) is 6.21. The number of nitrogen functional groups attached to an aromatic ring is 1. The van der Waals surface area contributed by atoms with Crippen molar-refractivity contribution in [1.82, 2.24) is 5.32 Å². The second-order valence-electron chi connectivity index (χ2n) is 4.68. The molecule has 0 saturated carbocycles. The standard InChI is InChI=1S/C13H19N3O3/c1-4-8(2)9(3)15-13(17)11-7-10(14)5-6-12(11)16(18)19/h5-9H,4,14H2,1-3H3,(H,15,17). The van der Waals surface area contributed by atoms with E-state index in [1.165, 1.54) is 18.2 Å². The molecule has 3 N–H and O–H groups in total. The average Bonchev–Trinajstić information content (AvgIpc) is 2.36. The van der Waals surface area contributed by atoms with Crippen molar-refractivity contribution in [2.75, 3.05) is 5.73 Å². The maximum atomic E-state index is 12.1. The summed E-state index contributed by atoms with van der Waals surface area (Å²) in [5.41, 5.74) is 5.67. The van der Waals surface area contributed by atoms with E-state index in [9.17, 15) is 14.9 Å². The van der Waals surface area contributed by atoms with Crippen molar-refractivity contribution >= 4 is 17.3 Å². The highest BCUT2D eigenvalue weighted by Gasteiger charge is 2.22. The number of nitrogens with two attached hydrogens (primary N) is 1. The van der Waals surface area contributed by atoms with E-state index < -0.39 is 10.8 Å². The Morgan fingerprint density at radius 1 is 1.47 bits per heavy atom. The van der Waals surface area contributed by atoms with E-state index in [-0.39, 0.29) is 17.3 Å². The summed E-state index contributed by atoms with van der Waals surface area (Å²) in [4.78, 5) is 22.4. The molecule has 1 amide bonds. The van der Waals surface area contributed by atoms with Crippen molar-refractivity contribution in [3.8, 4) is 0 Å². The van der Waals surface area contributed by atoms with Crippen LogP contribution in [0.3, 0.4) is 0 Å². The molecule has 0 aliphatic rings. The summed E-state index contributed by atoms with van der Waals surface area (Å²) < 4.78 is 0. The fraction of sp³-hybridized carbons (Fsp3) is 0.462. The van der Waals surface area contributed by atoms with Crippen molar-refractivity contribution in [3.63, 3.8) is 0 Å². The van der Waals surface area contributed by atoms with Crippen LogP contribution in [-0.4, -0.2) is 16.9 Å². The highest BCUT2D eigenvalue weighted by atomic mass is 16.6. The van der Waals surface area contributed by atoms with Gasteiger partial charge in [-0.15, -0.1) is 0 Å². The topological polar surface area (TPSA) is 98.3 Å². The molecule has 0 radical (unpaired) electrons. The maximum absolute atomic E-state index is 12.1. The van der Waals surface area contributed by atoms with Gasteiger partial charge < -0.3 is 11.1 Å². The van der Waals surface area contributed by atoms with Gasteiger partial charge in [-0.25, -0.2) is 0 Å². The smallest absolute Gasteiger partial charge is 0.282 e. The van der Waals surface area contributed by atoms with E-state index in [1.54, 1.807) is 0 Å². The number of nitro groups is 1. The Morgan fingerprint density at radius 2 is 2.11 bits per heavy atom. The first-order valence-corrected chi connectivity index (χ1v) is 6.21. The predicted octanol–water partition coefficient (Wildman–Crippen LogP) is 2.34. The van der Waals surface area contributed by atoms with Crippen LogP contribution in [0.1, 0.15) is 37.6 Å². The summed E-state index contributed by atoms with van der Waals surface area (Å²) >= 11 is 0. The SMILES string of the molecule is CCC(C)C(C)NC(=O)c1cc(N)ccc1[N+](=O)[O-]. The molecule has 0 bridgehead atoms. The lowest BCUT2D eigenvalue weighted by Gasteiger charge is -2.19. The molecule has 1 rings (SSSR count). The van der Waals surface area contributed by atoms with E-state index in [0.29, 0.717) is 11.6 Å². The lowest BCUT2D eigenvalue weighted by Crippen LogP contribution is -2.37. The van der Waals surface area contributed by atoms with Gasteiger partial charge in [0.2, 0.25) is 0 Å². The molecule has 6 heteroatoms. The minimum absolute atomic E-state index is 0.000142. The summed E-state index contributed by atoms with van der Waals surface area (Å²) in [6, 6.07) is 3.93. The van der Waals surface area contributed by atoms with Gasteiger partial charge in [0.25, 0.3) is 11.6 Å². The second kappa shape index (κ2) is 6.17. The zero-order valence-electron chi connectivity index (χ0n) is 11.3. The van der Waals surface area contributed by atoms with Crippen molar-refractivity contribution in [1.29, 1.82) is 0 Å². The number of nitrogens with one attached hydrogen (secondary N) is 1. The van der Waals surface area contributed by atoms with Gasteiger partial charge in [-0.3, -0.25) is 14.9 Å². The van der Waals surface area contributed by atoms with Crippen molar-refractivity contribution in [2.24, 2.45) is 5.92 Å². The summed E-state index contributed by atoms with van der Waals surface area (Å²) in [5, 5.41) is 13.7. The van der Waals surface area contributed by atoms with E-state index in [2.05, 4.69) is 5.32 Å². The molecule has 1 aromatic carbocycles. The summed E-state index contributed by atoms with van der Waals surface area (Å²) in [6.07, 6.45) is 0.917. The van der Waals surface area contributed by atoms with Crippen LogP contribution in [0.5, 0.6) is 0 Å². The van der Waals surface area contributed by atoms with Gasteiger partial charge in [0, 0.05) is 17.8 Å². The Morgan fingerprint density at radius 3 is 2.63 bits per heavy atom. The van der Waals surface area contributed by atoms with Crippen LogP contribution in [0.15, 0.2) is 18.2 Å². The normalized spacial score (nSPS) is 13.6. The van der Waals surface area contributed by atoms with Crippen LogP contribution in [0, 0.1) is 16.0 Å². The molecule has 1 aromatic rings. The first-order chi connectivity index (χ1) is 8.86. The molecule has 0 fully saturated rings. The molecule has 0 aromatic heterocycles. The zero-order valence-corrected chi connectivity index (χ0v) is 11.3. The summed E-state index contributed by atoms with van der Waals surface area (Å²) in [7, 11) is 0. The number of rotatable bonds is 5. The fourth-order valence-electron chi connectivity index (χ4n) is 1.68. The number of hydrogen-bond acceptors (Lipinski definition) is 4. The number of amides is 1. The Labute approximate surface area is 112 Å². The van der Waals surface area contributed by atoms with Gasteiger partial charge in [0.1, 0.15) is 5.56 Å². The largest absolute Gasteiger partial charge is 0.399 e. The van der Waals surface area contributed by atoms with Gasteiger partial charge in [-0.05, 0) is 25.0 Å². The van der Waals surface area contributed by atoms with Gasteiger partial charge in [-0.1, -0.05) is 20.3 Å². The minimum Gasteiger partial charge on any atom is -0.399 e. The lowest BCUT2D eigenvalue weighted by molar-refractivity contribution is -0.385. The molecule has 19 heavy (non-hydrogen) atoms. The molecule has 0 heterocycles. The Hall–Kier alpha value is -2.11. The Bertz CT molecular complexity index is 488. The van der Waals surface area contributed by atoms with Crippen molar-refractivity contribution in [2.45, 2.75) is 33.2 Å². The van der Waals surface area contributed by atoms with Crippen LogP contribution >= 0.6 is 0 Å². The number of carbonyl (C=O) groups is 1. The molecule has 0 aliphatic heterocycles. The number of carbonyl (C=O) groups excluding carboxylic acids is 1. The Kier molecular flexibility index (Phi) is 4.86. The molecule has 2 atom stereocenters. The first kappa shape index (κ1) is 14.9. The van der Waals surface area contributed by atoms with Crippen LogP contribution in [0.25, 0.3) is 0 Å². The van der Waals surface area contributed by atoms with Crippen LogP contribution < -0.4 is 11.1 Å². The van der Waals surface area contributed by atoms with E-state index in [0.717, 1.165) is 6.42 Å². The van der Waals surface area contributed by atoms with Crippen molar-refractivity contribution in [3.05, 3.63) is 33.9 Å². The third kappa shape index (κ3) is 3.67. The highest BCUT2D eigenvalue weighted by molar-refractivity contribution is 5.99. The second-order valence-corrected chi connectivity index (χ2v) is 4.68. The Balaban J connectivity index is 2.99. The zero-order chi connectivity index (χ0) is 14.6. The van der Waals surface area contributed by atoms with Crippen molar-refractivity contribution < 1.29 is 9.72 Å². The molecular weight excluding hydrogens is 246 g/mol. The minimum atomic E-state index is -0.581. The summed E-state index contributed by atoms with van der Waals surface area (Å²) in [6.45, 7) is 5.92. The van der Waals surface area contributed by atoms with Gasteiger partial charge >= 0.3 is 0 Å². The van der Waals surface area contributed by atoms with Gasteiger partial charge in [0.05, 0.1) is 4.92 Å². The molecule has 0 saturated heterocycles. The number of benzene rings is 1. The molecule has 0 aliphatic carbocycles. The quantitative estimate of drug-likeness (QED) is 0.485. The van der Waals surface area contributed by atoms with Crippen LogP contribution in [-0.2, 0) is 0 Å². The fourth-order valence-corrected chi connectivity index (χ4v) is 1.68. The van der Waals surface area contributed by atoms with Gasteiger partial charge in [-0.2, -0.15) is 0 Å². The number of anilines is 1. The lowest BCUT2D eigenvalue weighted by atomic mass is 10.0. The number of nitrogens with zero attached hydrogens (tertiary/aromatic N) is 1. The average molecular weight is 265 g/mol. The van der Waals surface area contributed by atoms with E-state index in [1.807, 2.05) is 20.8 Å². The molecule has 2 unspecified atom stereocenters. The van der Waals surface area contributed by atoms with E-state index in [4.69, 9.17) is 5.73 Å². The molecule has 104 valence electrons. The third-order valence-corrected chi connectivity index (χ3v) is 3.32. The monoisotopic (exact) mass is 265 g/mol. The molecule has 0 spiro atoms. The number of hydrogen-bond donors (Lipinski definition) is 2. The maximum Gasteiger partial charge on any atom is 0.282 e. The van der Waals surface area contributed by atoms with Crippen LogP contribution in [0.2, 0.25) is 0 Å². The molecule has 6 nitrogen and oxygen atoms in total. The van der Waals surface area contributed by atoms with E-state index >= 15 is 0 Å². The van der Waals surface area contributed by atoms with Gasteiger partial charge in [0.15, 0.2) is 0 Å². The predicted molar refractivity (Wildman–Crippen MR) is 73.9 cm³/mol. The highest BCUT2D eigenvalue weighted by Crippen LogP contribution is 2.21. The van der Waals surface area contributed by atoms with Crippen LogP contribution in [0.4, 0.5) is 11.4 Å². The summed E-state index contributed by atoms with van der Waals surface area (Å²) in [5.74, 6) is -0.170. The molecular formula is C13H19N3O3. The third-order valence-electron chi connectivity index (χ3n) is 3.32. The number of nitro benzene ring substituents is 1.